The van der Waals surface area contributed by atoms with E-state index in [0.717, 1.165) is 17.5 Å². The van der Waals surface area contributed by atoms with Gasteiger partial charge in [0, 0.05) is 0 Å². The predicted molar refractivity (Wildman–Crippen MR) is 47.6 cm³/mol. The van der Waals surface area contributed by atoms with Gasteiger partial charge in [-0.05, 0) is 24.5 Å². The Kier molecular flexibility index (Phi) is 2.23. The zero-order chi connectivity index (χ0) is 8.43. The Balaban J connectivity index is 3.21. The summed E-state index contributed by atoms with van der Waals surface area (Å²) in [5, 5.41) is 9.30. The van der Waals surface area contributed by atoms with Crippen LogP contribution in [0.25, 0.3) is 0 Å². The van der Waals surface area contributed by atoms with Crippen LogP contribution in [0.4, 0.5) is 0 Å². The van der Waals surface area contributed by atoms with Crippen LogP contribution in [0.3, 0.4) is 0 Å². The summed E-state index contributed by atoms with van der Waals surface area (Å²) in [7, 11) is 5.55. The maximum absolute atomic E-state index is 9.30. The van der Waals surface area contributed by atoms with Gasteiger partial charge in [0.1, 0.15) is 13.6 Å². The van der Waals surface area contributed by atoms with Gasteiger partial charge in [0.15, 0.2) is 0 Å². The Hall–Kier alpha value is -0.915. The second kappa shape index (κ2) is 2.99. The normalized spacial score (nSPS) is 10.0. The fourth-order valence-corrected chi connectivity index (χ4v) is 1.09. The predicted octanol–water partition coefficient (Wildman–Crippen LogP) is 1.06. The van der Waals surface area contributed by atoms with Gasteiger partial charge in [-0.15, -0.1) is 0 Å². The van der Waals surface area contributed by atoms with E-state index in [4.69, 9.17) is 7.85 Å². The Morgan fingerprint density at radius 3 is 2.55 bits per heavy atom. The van der Waals surface area contributed by atoms with E-state index >= 15 is 0 Å². The Bertz CT molecular complexity index is 245. The summed E-state index contributed by atoms with van der Waals surface area (Å²) in [5.74, 6) is 0.210. The van der Waals surface area contributed by atoms with Crippen LogP contribution in [-0.2, 0) is 6.42 Å². The molecule has 1 aromatic rings. The molecule has 0 saturated carbocycles. The van der Waals surface area contributed by atoms with Crippen molar-refractivity contribution >= 4 is 13.3 Å². The topological polar surface area (TPSA) is 20.2 Å². The van der Waals surface area contributed by atoms with Crippen LogP contribution < -0.4 is 5.46 Å². The van der Waals surface area contributed by atoms with Crippen molar-refractivity contribution in [2.45, 2.75) is 20.3 Å². The van der Waals surface area contributed by atoms with Crippen molar-refractivity contribution in [3.63, 3.8) is 0 Å². The summed E-state index contributed by atoms with van der Waals surface area (Å²) in [4.78, 5) is 0. The molecule has 1 aromatic carbocycles. The molecule has 0 aliphatic carbocycles. The zero-order valence-electron chi connectivity index (χ0n) is 6.89. The van der Waals surface area contributed by atoms with Crippen LogP contribution >= 0.6 is 0 Å². The van der Waals surface area contributed by atoms with Gasteiger partial charge in [-0.3, -0.25) is 0 Å². The third-order valence-corrected chi connectivity index (χ3v) is 1.80. The minimum atomic E-state index is 0.210. The lowest BCUT2D eigenvalue weighted by molar-refractivity contribution is 0.475. The van der Waals surface area contributed by atoms with E-state index in [1.807, 2.05) is 19.1 Å². The molecule has 0 unspecified atom stereocenters. The molecule has 0 spiro atoms. The molecular weight excluding hydrogens is 135 g/mol. The largest absolute Gasteiger partial charge is 0.508 e. The van der Waals surface area contributed by atoms with E-state index in [1.165, 1.54) is 0 Å². The van der Waals surface area contributed by atoms with Gasteiger partial charge in [-0.25, -0.2) is 0 Å². The molecule has 1 rings (SSSR count). The Labute approximate surface area is 68.5 Å². The minimum Gasteiger partial charge on any atom is -0.508 e. The number of rotatable bonds is 1. The zero-order valence-corrected chi connectivity index (χ0v) is 6.89. The lowest BCUT2D eigenvalue weighted by Crippen LogP contribution is -2.05. The molecule has 1 nitrogen and oxygen atoms in total. The molecule has 11 heavy (non-hydrogen) atoms. The van der Waals surface area contributed by atoms with E-state index in [1.54, 1.807) is 0 Å². The van der Waals surface area contributed by atoms with Gasteiger partial charge in [-0.1, -0.05) is 24.5 Å². The number of phenols is 1. The summed E-state index contributed by atoms with van der Waals surface area (Å²) >= 11 is 0. The van der Waals surface area contributed by atoms with E-state index in [-0.39, 0.29) is 5.75 Å². The molecule has 2 heteroatoms. The Morgan fingerprint density at radius 2 is 2.09 bits per heavy atom. The fraction of sp³-hybridized carbons (Fsp3) is 0.333. The molecule has 0 saturated heterocycles. The number of benzene rings is 1. The van der Waals surface area contributed by atoms with Crippen molar-refractivity contribution in [1.82, 2.24) is 0 Å². The smallest absolute Gasteiger partial charge is 0.119 e. The molecule has 0 heterocycles. The summed E-state index contributed by atoms with van der Waals surface area (Å²) in [6, 6.07) is 3.76. The highest BCUT2D eigenvalue weighted by molar-refractivity contribution is 6.34. The minimum absolute atomic E-state index is 0.210. The van der Waals surface area contributed by atoms with Crippen molar-refractivity contribution in [3.8, 4) is 5.75 Å². The van der Waals surface area contributed by atoms with Crippen molar-refractivity contribution in [1.29, 1.82) is 0 Å². The average molecular weight is 146 g/mol. The molecule has 2 radical (unpaired) electrons. The van der Waals surface area contributed by atoms with Crippen LogP contribution in [0.1, 0.15) is 18.1 Å². The summed E-state index contributed by atoms with van der Waals surface area (Å²) in [6.45, 7) is 3.91. The highest BCUT2D eigenvalue weighted by Crippen LogP contribution is 2.14. The third-order valence-electron chi connectivity index (χ3n) is 1.80. The molecule has 0 aliphatic heterocycles. The van der Waals surface area contributed by atoms with Crippen molar-refractivity contribution < 1.29 is 5.11 Å². The first-order valence-corrected chi connectivity index (χ1v) is 3.73. The molecule has 0 aromatic heterocycles. The van der Waals surface area contributed by atoms with Gasteiger partial charge in [0.25, 0.3) is 0 Å². The van der Waals surface area contributed by atoms with E-state index in [9.17, 15) is 5.11 Å². The van der Waals surface area contributed by atoms with Gasteiger partial charge in [-0.2, -0.15) is 0 Å². The quantitative estimate of drug-likeness (QED) is 0.587. The first kappa shape index (κ1) is 8.18. The van der Waals surface area contributed by atoms with Gasteiger partial charge < -0.3 is 5.11 Å². The second-order valence-electron chi connectivity index (χ2n) is 2.70. The SMILES string of the molecule is [B]c1cc(CC)cc(C)c1O. The molecule has 0 fully saturated rings. The van der Waals surface area contributed by atoms with Gasteiger partial charge in [0.05, 0.1) is 0 Å². The lowest BCUT2D eigenvalue weighted by Gasteiger charge is -2.05. The molecule has 0 aliphatic rings. The molecule has 0 atom stereocenters. The number of phenolic OH excluding ortho intramolecular Hbond substituents is 1. The first-order chi connectivity index (χ1) is 5.15. The summed E-state index contributed by atoms with van der Waals surface area (Å²) < 4.78 is 0. The monoisotopic (exact) mass is 146 g/mol. The van der Waals surface area contributed by atoms with Crippen molar-refractivity contribution in [2.75, 3.05) is 0 Å². The highest BCUT2D eigenvalue weighted by Gasteiger charge is 2.00. The molecule has 56 valence electrons. The van der Waals surface area contributed by atoms with E-state index in [0.29, 0.717) is 5.46 Å². The van der Waals surface area contributed by atoms with Crippen molar-refractivity contribution in [3.05, 3.63) is 23.3 Å². The summed E-state index contributed by atoms with van der Waals surface area (Å²) in [5.41, 5.74) is 2.49. The average Bonchev–Trinajstić information content (AvgIpc) is 1.99. The lowest BCUT2D eigenvalue weighted by atomic mass is 9.90. The third kappa shape index (κ3) is 1.56. The standard InChI is InChI=1S/C9H11BO/c1-3-7-4-6(2)9(11)8(10)5-7/h4-5,11H,3H2,1-2H3. The maximum Gasteiger partial charge on any atom is 0.119 e. The molecule has 0 amide bonds. The van der Waals surface area contributed by atoms with Crippen LogP contribution in [0.2, 0.25) is 0 Å². The molecule has 1 N–H and O–H groups in total. The van der Waals surface area contributed by atoms with Gasteiger partial charge >= 0.3 is 0 Å². The van der Waals surface area contributed by atoms with E-state index < -0.39 is 0 Å². The number of hydrogen-bond donors (Lipinski definition) is 1. The van der Waals surface area contributed by atoms with Crippen LogP contribution in [0, 0.1) is 6.92 Å². The van der Waals surface area contributed by atoms with Crippen LogP contribution in [0.15, 0.2) is 12.1 Å². The van der Waals surface area contributed by atoms with Crippen LogP contribution in [-0.4, -0.2) is 13.0 Å². The number of aryl methyl sites for hydroxylation is 2. The van der Waals surface area contributed by atoms with E-state index in [2.05, 4.69) is 6.92 Å². The number of hydrogen-bond acceptors (Lipinski definition) is 1. The first-order valence-electron chi connectivity index (χ1n) is 3.73. The Morgan fingerprint density at radius 1 is 1.45 bits per heavy atom. The fourth-order valence-electron chi connectivity index (χ4n) is 1.09. The highest BCUT2D eigenvalue weighted by atomic mass is 16.3. The second-order valence-corrected chi connectivity index (χ2v) is 2.70. The van der Waals surface area contributed by atoms with Crippen molar-refractivity contribution in [2.24, 2.45) is 0 Å². The summed E-state index contributed by atoms with van der Waals surface area (Å²) in [6.07, 6.45) is 0.950. The maximum atomic E-state index is 9.30. The van der Waals surface area contributed by atoms with Gasteiger partial charge in [0.2, 0.25) is 0 Å². The van der Waals surface area contributed by atoms with Crippen LogP contribution in [0.5, 0.6) is 5.75 Å². The molecule has 0 bridgehead atoms. The number of aromatic hydroxyl groups is 1. The molecular formula is C9H11BO.